The number of nitrogens with zero attached hydrogens (tertiary/aromatic N) is 1. The third-order valence-electron chi connectivity index (χ3n) is 4.81. The number of benzene rings is 1. The molecule has 1 aromatic carbocycles. The zero-order valence-electron chi connectivity index (χ0n) is 12.6. The Balaban J connectivity index is 2.23. The summed E-state index contributed by atoms with van der Waals surface area (Å²) < 4.78 is 5.13. The highest BCUT2D eigenvalue weighted by atomic mass is 35.5. The molecule has 0 spiro atoms. The van der Waals surface area contributed by atoms with Crippen molar-refractivity contribution in [1.82, 2.24) is 0 Å². The van der Waals surface area contributed by atoms with E-state index in [-0.39, 0.29) is 0 Å². The van der Waals surface area contributed by atoms with Crippen LogP contribution in [0.25, 0.3) is 0 Å². The Bertz CT molecular complexity index is 530. The van der Waals surface area contributed by atoms with Crippen molar-refractivity contribution >= 4 is 11.6 Å². The maximum atomic E-state index is 10.7. The van der Waals surface area contributed by atoms with Crippen LogP contribution < -0.4 is 4.74 Å². The van der Waals surface area contributed by atoms with Crippen molar-refractivity contribution in [3.8, 4) is 11.8 Å². The normalized spacial score (nSPS) is 26.9. The van der Waals surface area contributed by atoms with E-state index in [0.717, 1.165) is 32.1 Å². The molecule has 0 heterocycles. The number of halogens is 1. The minimum atomic E-state index is -0.802. The summed E-state index contributed by atoms with van der Waals surface area (Å²) in [5.41, 5.74) is 0.00106. The van der Waals surface area contributed by atoms with Gasteiger partial charge >= 0.3 is 0 Å². The van der Waals surface area contributed by atoms with Gasteiger partial charge in [0.05, 0.1) is 29.7 Å². The second kappa shape index (κ2) is 6.68. The zero-order chi connectivity index (χ0) is 15.5. The van der Waals surface area contributed by atoms with Gasteiger partial charge in [-0.3, -0.25) is 0 Å². The third-order valence-corrected chi connectivity index (χ3v) is 5.11. The maximum absolute atomic E-state index is 10.7. The van der Waals surface area contributed by atoms with E-state index in [1.54, 1.807) is 25.3 Å². The molecule has 1 N–H and O–H groups in total. The molecular formula is C17H22ClNO2. The first-order valence-corrected chi connectivity index (χ1v) is 7.87. The molecule has 2 rings (SSSR count). The molecule has 1 saturated carbocycles. The molecule has 0 saturated heterocycles. The summed E-state index contributed by atoms with van der Waals surface area (Å²) in [6.45, 7) is 2.18. The Kier molecular flexibility index (Phi) is 5.13. The fourth-order valence-corrected chi connectivity index (χ4v) is 3.49. The van der Waals surface area contributed by atoms with Crippen molar-refractivity contribution in [2.24, 2.45) is 11.3 Å². The largest absolute Gasteiger partial charge is 0.495 e. The monoisotopic (exact) mass is 307 g/mol. The molecule has 1 aliphatic carbocycles. The molecule has 0 amide bonds. The highest BCUT2D eigenvalue weighted by molar-refractivity contribution is 6.32. The Morgan fingerprint density at radius 2 is 2.14 bits per heavy atom. The van der Waals surface area contributed by atoms with E-state index in [1.807, 2.05) is 0 Å². The molecule has 1 fully saturated rings. The van der Waals surface area contributed by atoms with Gasteiger partial charge < -0.3 is 9.84 Å². The maximum Gasteiger partial charge on any atom is 0.137 e. The van der Waals surface area contributed by atoms with Crippen molar-refractivity contribution in [2.75, 3.05) is 7.11 Å². The topological polar surface area (TPSA) is 53.2 Å². The van der Waals surface area contributed by atoms with Crippen LogP contribution in [0.15, 0.2) is 18.2 Å². The Hall–Kier alpha value is -1.24. The standard InChI is InChI=1S/C17H22ClNO2/c1-3-12-6-8-17(11-19,9-7-12)16(20)13-4-5-15(21-2)14(18)10-13/h4-5,10,12,16,20H,3,6-9H2,1-2H3. The van der Waals surface area contributed by atoms with Crippen LogP contribution in [0, 0.1) is 22.7 Å². The molecule has 0 aliphatic heterocycles. The van der Waals surface area contributed by atoms with Gasteiger partial charge in [0.1, 0.15) is 5.75 Å². The lowest BCUT2D eigenvalue weighted by atomic mass is 9.66. The average molecular weight is 308 g/mol. The highest BCUT2D eigenvalue weighted by Crippen LogP contribution is 2.48. The van der Waals surface area contributed by atoms with Crippen LogP contribution in [0.5, 0.6) is 5.75 Å². The first kappa shape index (κ1) is 16.1. The Labute approximate surface area is 131 Å². The van der Waals surface area contributed by atoms with E-state index < -0.39 is 11.5 Å². The number of rotatable bonds is 4. The number of aliphatic hydroxyl groups is 1. The number of aliphatic hydroxyl groups excluding tert-OH is 1. The van der Waals surface area contributed by atoms with Gasteiger partial charge in [0.25, 0.3) is 0 Å². The molecule has 114 valence electrons. The van der Waals surface area contributed by atoms with E-state index in [9.17, 15) is 10.4 Å². The van der Waals surface area contributed by atoms with E-state index in [0.29, 0.717) is 22.3 Å². The van der Waals surface area contributed by atoms with Crippen molar-refractivity contribution in [1.29, 1.82) is 5.26 Å². The molecule has 1 atom stereocenters. The zero-order valence-corrected chi connectivity index (χ0v) is 13.4. The van der Waals surface area contributed by atoms with Crippen molar-refractivity contribution < 1.29 is 9.84 Å². The summed E-state index contributed by atoms with van der Waals surface area (Å²) in [5.74, 6) is 1.26. The summed E-state index contributed by atoms with van der Waals surface area (Å²) in [5, 5.41) is 20.8. The van der Waals surface area contributed by atoms with Gasteiger partial charge in [-0.25, -0.2) is 0 Å². The summed E-state index contributed by atoms with van der Waals surface area (Å²) in [6, 6.07) is 7.62. The van der Waals surface area contributed by atoms with Crippen LogP contribution >= 0.6 is 11.6 Å². The van der Waals surface area contributed by atoms with Gasteiger partial charge in [0, 0.05) is 0 Å². The van der Waals surface area contributed by atoms with Gasteiger partial charge in [-0.1, -0.05) is 31.0 Å². The smallest absolute Gasteiger partial charge is 0.137 e. The molecule has 4 heteroatoms. The number of nitriles is 1. The molecule has 3 nitrogen and oxygen atoms in total. The van der Waals surface area contributed by atoms with E-state index in [4.69, 9.17) is 16.3 Å². The lowest BCUT2D eigenvalue weighted by Gasteiger charge is -2.38. The fraction of sp³-hybridized carbons (Fsp3) is 0.588. The first-order valence-electron chi connectivity index (χ1n) is 7.49. The van der Waals surface area contributed by atoms with Gasteiger partial charge in [-0.2, -0.15) is 5.26 Å². The second-order valence-electron chi connectivity index (χ2n) is 5.92. The lowest BCUT2D eigenvalue weighted by molar-refractivity contribution is 0.0242. The van der Waals surface area contributed by atoms with Gasteiger partial charge in [0.15, 0.2) is 0 Å². The summed E-state index contributed by atoms with van der Waals surface area (Å²) in [7, 11) is 1.56. The molecular weight excluding hydrogens is 286 g/mol. The van der Waals surface area contributed by atoms with Crippen molar-refractivity contribution in [3.05, 3.63) is 28.8 Å². The van der Waals surface area contributed by atoms with Crippen molar-refractivity contribution in [3.63, 3.8) is 0 Å². The summed E-state index contributed by atoms with van der Waals surface area (Å²) >= 11 is 6.13. The minimum absolute atomic E-state index is 0.462. The molecule has 1 aliphatic rings. The van der Waals surface area contributed by atoms with E-state index in [2.05, 4.69) is 13.0 Å². The highest BCUT2D eigenvalue weighted by Gasteiger charge is 2.42. The SMILES string of the molecule is CCC1CCC(C#N)(C(O)c2ccc(OC)c(Cl)c2)CC1. The molecule has 21 heavy (non-hydrogen) atoms. The molecule has 1 aromatic rings. The van der Waals surface area contributed by atoms with Crippen molar-refractivity contribution in [2.45, 2.75) is 45.1 Å². The average Bonchev–Trinajstić information content (AvgIpc) is 2.54. The first-order chi connectivity index (χ1) is 10.1. The Morgan fingerprint density at radius 1 is 1.48 bits per heavy atom. The predicted octanol–water partition coefficient (Wildman–Crippen LogP) is 4.49. The predicted molar refractivity (Wildman–Crippen MR) is 83.3 cm³/mol. The van der Waals surface area contributed by atoms with E-state index >= 15 is 0 Å². The van der Waals surface area contributed by atoms with Crippen LogP contribution in [0.1, 0.15) is 50.7 Å². The van der Waals surface area contributed by atoms with Crippen LogP contribution in [-0.2, 0) is 0 Å². The second-order valence-corrected chi connectivity index (χ2v) is 6.32. The van der Waals surface area contributed by atoms with Crippen LogP contribution in [0.3, 0.4) is 0 Å². The van der Waals surface area contributed by atoms with Crippen LogP contribution in [-0.4, -0.2) is 12.2 Å². The quantitative estimate of drug-likeness (QED) is 0.891. The van der Waals surface area contributed by atoms with Crippen LogP contribution in [0.4, 0.5) is 0 Å². The number of hydrogen-bond donors (Lipinski definition) is 1. The number of methoxy groups -OCH3 is 1. The fourth-order valence-electron chi connectivity index (χ4n) is 3.22. The van der Waals surface area contributed by atoms with Gasteiger partial charge in [-0.05, 0) is 49.3 Å². The minimum Gasteiger partial charge on any atom is -0.495 e. The molecule has 0 bridgehead atoms. The van der Waals surface area contributed by atoms with Gasteiger partial charge in [0.2, 0.25) is 0 Å². The molecule has 1 unspecified atom stereocenters. The molecule has 0 aromatic heterocycles. The lowest BCUT2D eigenvalue weighted by Crippen LogP contribution is -2.32. The summed E-state index contributed by atoms with van der Waals surface area (Å²) in [4.78, 5) is 0. The molecule has 0 radical (unpaired) electrons. The van der Waals surface area contributed by atoms with Gasteiger partial charge in [-0.15, -0.1) is 0 Å². The third kappa shape index (κ3) is 3.17. The van der Waals surface area contributed by atoms with E-state index in [1.165, 1.54) is 0 Å². The summed E-state index contributed by atoms with van der Waals surface area (Å²) in [6.07, 6.45) is 3.84. The number of hydrogen-bond acceptors (Lipinski definition) is 3. The van der Waals surface area contributed by atoms with Crippen LogP contribution in [0.2, 0.25) is 5.02 Å². The Morgan fingerprint density at radius 3 is 2.62 bits per heavy atom. The number of ether oxygens (including phenoxy) is 1.